The molecule has 1 aromatic rings. The quantitative estimate of drug-likeness (QED) is 0.821. The van der Waals surface area contributed by atoms with Crippen molar-refractivity contribution >= 4 is 5.69 Å². The molecule has 0 spiro atoms. The minimum Gasteiger partial charge on any atom is -0.367 e. The highest BCUT2D eigenvalue weighted by atomic mass is 19.1. The van der Waals surface area contributed by atoms with Crippen molar-refractivity contribution in [2.75, 3.05) is 32.1 Å². The van der Waals surface area contributed by atoms with Crippen molar-refractivity contribution < 1.29 is 4.39 Å². The molecular formula is C14H22FN3. The summed E-state index contributed by atoms with van der Waals surface area (Å²) in [6, 6.07) is 2.25. The fraction of sp³-hybridized carbons (Fsp3) is 0.643. The SMILES string of the molecule is CC(C)[C@@H]1CN(c2ccncc2F)C[C@H]1N(C)C. The Kier molecular flexibility index (Phi) is 3.85. The zero-order chi connectivity index (χ0) is 13.3. The number of halogens is 1. The lowest BCUT2D eigenvalue weighted by molar-refractivity contribution is 0.216. The van der Waals surface area contributed by atoms with Crippen LogP contribution >= 0.6 is 0 Å². The summed E-state index contributed by atoms with van der Waals surface area (Å²) in [6.07, 6.45) is 2.95. The highest BCUT2D eigenvalue weighted by molar-refractivity contribution is 5.47. The van der Waals surface area contributed by atoms with Gasteiger partial charge in [-0.1, -0.05) is 13.8 Å². The Bertz CT molecular complexity index is 390. The molecule has 4 heteroatoms. The largest absolute Gasteiger partial charge is 0.367 e. The van der Waals surface area contributed by atoms with Crippen molar-refractivity contribution in [2.24, 2.45) is 11.8 Å². The Labute approximate surface area is 109 Å². The Balaban J connectivity index is 2.21. The molecule has 1 aromatic heterocycles. The maximum atomic E-state index is 13.8. The van der Waals surface area contributed by atoms with Gasteiger partial charge in [-0.3, -0.25) is 4.98 Å². The molecule has 1 saturated heterocycles. The second-order valence-corrected chi connectivity index (χ2v) is 5.67. The molecule has 0 N–H and O–H groups in total. The van der Waals surface area contributed by atoms with Crippen LogP contribution in [0.25, 0.3) is 0 Å². The van der Waals surface area contributed by atoms with E-state index in [0.717, 1.165) is 13.1 Å². The molecule has 0 aromatic carbocycles. The molecule has 1 aliphatic heterocycles. The van der Waals surface area contributed by atoms with Gasteiger partial charge in [0.15, 0.2) is 5.82 Å². The molecule has 18 heavy (non-hydrogen) atoms. The van der Waals surface area contributed by atoms with Crippen LogP contribution in [0.1, 0.15) is 13.8 Å². The molecule has 0 saturated carbocycles. The minimum atomic E-state index is -0.223. The Morgan fingerprint density at radius 1 is 1.39 bits per heavy atom. The van der Waals surface area contributed by atoms with Crippen LogP contribution in [0.4, 0.5) is 10.1 Å². The average molecular weight is 251 g/mol. The highest BCUT2D eigenvalue weighted by Gasteiger charge is 2.36. The second kappa shape index (κ2) is 5.22. The molecule has 0 aliphatic carbocycles. The van der Waals surface area contributed by atoms with Crippen LogP contribution in [0.3, 0.4) is 0 Å². The third kappa shape index (κ3) is 2.48. The number of hydrogen-bond donors (Lipinski definition) is 0. The predicted molar refractivity (Wildman–Crippen MR) is 72.2 cm³/mol. The summed E-state index contributed by atoms with van der Waals surface area (Å²) in [5, 5.41) is 0. The van der Waals surface area contributed by atoms with E-state index in [0.29, 0.717) is 23.6 Å². The highest BCUT2D eigenvalue weighted by Crippen LogP contribution is 2.31. The lowest BCUT2D eigenvalue weighted by atomic mass is 9.91. The first kappa shape index (κ1) is 13.3. The monoisotopic (exact) mass is 251 g/mol. The van der Waals surface area contributed by atoms with Crippen LogP contribution in [0.2, 0.25) is 0 Å². The number of nitrogens with zero attached hydrogens (tertiary/aromatic N) is 3. The van der Waals surface area contributed by atoms with Crippen molar-refractivity contribution in [2.45, 2.75) is 19.9 Å². The summed E-state index contributed by atoms with van der Waals surface area (Å²) in [7, 11) is 4.21. The molecule has 1 fully saturated rings. The molecule has 2 rings (SSSR count). The van der Waals surface area contributed by atoms with Crippen LogP contribution in [0.15, 0.2) is 18.5 Å². The van der Waals surface area contributed by atoms with Crippen molar-refractivity contribution in [1.29, 1.82) is 0 Å². The maximum absolute atomic E-state index is 13.8. The smallest absolute Gasteiger partial charge is 0.164 e. The van der Waals surface area contributed by atoms with Crippen molar-refractivity contribution in [3.8, 4) is 0 Å². The van der Waals surface area contributed by atoms with Crippen LogP contribution in [-0.4, -0.2) is 43.1 Å². The average Bonchev–Trinajstić information content (AvgIpc) is 2.74. The van der Waals surface area contributed by atoms with Gasteiger partial charge in [-0.25, -0.2) is 4.39 Å². The maximum Gasteiger partial charge on any atom is 0.164 e. The summed E-state index contributed by atoms with van der Waals surface area (Å²) in [6.45, 7) is 6.29. The van der Waals surface area contributed by atoms with E-state index >= 15 is 0 Å². The Hall–Kier alpha value is -1.16. The summed E-state index contributed by atoms with van der Waals surface area (Å²) in [5.74, 6) is 0.958. The summed E-state index contributed by atoms with van der Waals surface area (Å²) >= 11 is 0. The van der Waals surface area contributed by atoms with Crippen LogP contribution in [0, 0.1) is 17.7 Å². The van der Waals surface area contributed by atoms with Crippen LogP contribution in [0.5, 0.6) is 0 Å². The first-order chi connectivity index (χ1) is 8.50. The van der Waals surface area contributed by atoms with Gasteiger partial charge in [0.05, 0.1) is 11.9 Å². The summed E-state index contributed by atoms with van der Waals surface area (Å²) in [5.41, 5.74) is 0.681. The van der Waals surface area contributed by atoms with Gasteiger partial charge >= 0.3 is 0 Å². The third-order valence-electron chi connectivity index (χ3n) is 3.94. The van der Waals surface area contributed by atoms with Crippen molar-refractivity contribution in [1.82, 2.24) is 9.88 Å². The van der Waals surface area contributed by atoms with E-state index in [9.17, 15) is 4.39 Å². The van der Waals surface area contributed by atoms with E-state index in [1.54, 1.807) is 12.3 Å². The normalized spacial score (nSPS) is 24.3. The van der Waals surface area contributed by atoms with E-state index in [-0.39, 0.29) is 5.82 Å². The van der Waals surface area contributed by atoms with Gasteiger partial charge in [0.25, 0.3) is 0 Å². The molecule has 0 bridgehead atoms. The zero-order valence-electron chi connectivity index (χ0n) is 11.6. The molecule has 2 atom stereocenters. The second-order valence-electron chi connectivity index (χ2n) is 5.67. The Morgan fingerprint density at radius 3 is 2.61 bits per heavy atom. The number of rotatable bonds is 3. The number of anilines is 1. The lowest BCUT2D eigenvalue weighted by Crippen LogP contribution is -2.37. The van der Waals surface area contributed by atoms with Crippen LogP contribution < -0.4 is 4.90 Å². The standard InChI is InChI=1S/C14H22FN3/c1-10(2)11-8-18(9-14(11)17(3)4)13-5-6-16-7-12(13)15/h5-7,10-11,14H,8-9H2,1-4H3/t11-,14+/m0/s1. The molecule has 100 valence electrons. The van der Waals surface area contributed by atoms with Crippen LogP contribution in [-0.2, 0) is 0 Å². The molecular weight excluding hydrogens is 229 g/mol. The predicted octanol–water partition coefficient (Wildman–Crippen LogP) is 2.24. The van der Waals surface area contributed by atoms with E-state index in [1.165, 1.54) is 6.20 Å². The lowest BCUT2D eigenvalue weighted by Gasteiger charge is -2.27. The topological polar surface area (TPSA) is 19.4 Å². The van der Waals surface area contributed by atoms with Crippen molar-refractivity contribution in [3.63, 3.8) is 0 Å². The first-order valence-electron chi connectivity index (χ1n) is 6.51. The van der Waals surface area contributed by atoms with Gasteiger partial charge in [-0.05, 0) is 32.0 Å². The fourth-order valence-electron chi connectivity index (χ4n) is 2.83. The summed E-state index contributed by atoms with van der Waals surface area (Å²) in [4.78, 5) is 8.21. The molecule has 2 heterocycles. The first-order valence-corrected chi connectivity index (χ1v) is 6.51. The molecule has 3 nitrogen and oxygen atoms in total. The van der Waals surface area contributed by atoms with Crippen molar-refractivity contribution in [3.05, 3.63) is 24.3 Å². The minimum absolute atomic E-state index is 0.223. The number of pyridine rings is 1. The van der Waals surface area contributed by atoms with E-state index in [1.807, 2.05) is 0 Å². The van der Waals surface area contributed by atoms with Gasteiger partial charge in [0.1, 0.15) is 0 Å². The van der Waals surface area contributed by atoms with E-state index in [4.69, 9.17) is 0 Å². The molecule has 0 radical (unpaired) electrons. The summed E-state index contributed by atoms with van der Waals surface area (Å²) < 4.78 is 13.8. The van der Waals surface area contributed by atoms with Gasteiger partial charge in [0, 0.05) is 25.3 Å². The number of aromatic nitrogens is 1. The fourth-order valence-corrected chi connectivity index (χ4v) is 2.83. The molecule has 0 amide bonds. The molecule has 1 aliphatic rings. The van der Waals surface area contributed by atoms with E-state index < -0.39 is 0 Å². The third-order valence-corrected chi connectivity index (χ3v) is 3.94. The Morgan fingerprint density at radius 2 is 2.11 bits per heavy atom. The van der Waals surface area contributed by atoms with Gasteiger partial charge in [-0.2, -0.15) is 0 Å². The van der Waals surface area contributed by atoms with Gasteiger partial charge in [0.2, 0.25) is 0 Å². The molecule has 0 unspecified atom stereocenters. The number of hydrogen-bond acceptors (Lipinski definition) is 3. The van der Waals surface area contributed by atoms with E-state index in [2.05, 4.69) is 42.7 Å². The van der Waals surface area contributed by atoms with Gasteiger partial charge in [-0.15, -0.1) is 0 Å². The zero-order valence-corrected chi connectivity index (χ0v) is 11.6. The number of likely N-dealkylation sites (N-methyl/N-ethyl adjacent to an activating group) is 1. The van der Waals surface area contributed by atoms with Gasteiger partial charge < -0.3 is 9.80 Å².